The third-order valence-corrected chi connectivity index (χ3v) is 5.02. The molecule has 0 aliphatic heterocycles. The molecule has 0 unspecified atom stereocenters. The number of hydrogen-bond donors (Lipinski definition) is 2. The Morgan fingerprint density at radius 1 is 1.12 bits per heavy atom. The van der Waals surface area contributed by atoms with Crippen molar-refractivity contribution in [3.63, 3.8) is 0 Å². The molecule has 1 aliphatic rings. The first-order chi connectivity index (χ1) is 15.5. The predicted octanol–water partition coefficient (Wildman–Crippen LogP) is 2.25. The molecule has 2 aromatic heterocycles. The molecule has 2 N–H and O–H groups in total. The summed E-state index contributed by atoms with van der Waals surface area (Å²) in [6.07, 6.45) is 9.44. The van der Waals surface area contributed by atoms with Crippen LogP contribution in [0.25, 0.3) is 0 Å². The zero-order chi connectivity index (χ0) is 22.3. The van der Waals surface area contributed by atoms with Crippen LogP contribution in [-0.4, -0.2) is 47.9 Å². The molecule has 1 aromatic carbocycles. The van der Waals surface area contributed by atoms with E-state index in [0.717, 1.165) is 36.3 Å². The number of aliphatic carboxylic acids is 1. The van der Waals surface area contributed by atoms with E-state index in [2.05, 4.69) is 20.7 Å². The number of ether oxygens (including phenoxy) is 1. The lowest BCUT2D eigenvalue weighted by atomic mass is 10.2. The number of aryl methyl sites for hydroxylation is 1. The van der Waals surface area contributed by atoms with Crippen LogP contribution in [0.15, 0.2) is 42.9 Å². The van der Waals surface area contributed by atoms with Gasteiger partial charge in [-0.15, -0.1) is 5.10 Å². The molecule has 0 bridgehead atoms. The lowest BCUT2D eigenvalue weighted by Gasteiger charge is -2.06. The number of rotatable bonds is 12. The fourth-order valence-electron chi connectivity index (χ4n) is 3.17. The largest absolute Gasteiger partial charge is 0.490 e. The van der Waals surface area contributed by atoms with Crippen molar-refractivity contribution in [3.05, 3.63) is 59.7 Å². The second kappa shape index (κ2) is 10.1. The lowest BCUT2D eigenvalue weighted by molar-refractivity contribution is -0.137. The molecule has 0 spiro atoms. The van der Waals surface area contributed by atoms with E-state index in [0.29, 0.717) is 37.7 Å². The molecule has 4 rings (SSSR count). The van der Waals surface area contributed by atoms with Gasteiger partial charge in [0.2, 0.25) is 0 Å². The van der Waals surface area contributed by atoms with E-state index >= 15 is 0 Å². The maximum absolute atomic E-state index is 12.4. The molecule has 0 radical (unpaired) electrons. The molecule has 168 valence electrons. The monoisotopic (exact) mass is 438 g/mol. The number of hydrogen-bond acceptors (Lipinski definition) is 6. The number of unbranched alkanes of at least 4 members (excludes halogenated alkanes) is 1. The first kappa shape index (κ1) is 21.5. The van der Waals surface area contributed by atoms with Crippen LogP contribution in [0.5, 0.6) is 5.75 Å². The van der Waals surface area contributed by atoms with Gasteiger partial charge >= 0.3 is 5.97 Å². The van der Waals surface area contributed by atoms with E-state index in [-0.39, 0.29) is 12.3 Å². The molecule has 10 heteroatoms. The Balaban J connectivity index is 1.21. The van der Waals surface area contributed by atoms with Crippen LogP contribution in [0.2, 0.25) is 0 Å². The highest BCUT2D eigenvalue weighted by atomic mass is 16.5. The smallest absolute Gasteiger partial charge is 0.303 e. The van der Waals surface area contributed by atoms with E-state index in [1.807, 2.05) is 24.5 Å². The van der Waals surface area contributed by atoms with Gasteiger partial charge in [-0.1, -0.05) is 5.21 Å². The number of carbonyl (C=O) groups is 2. The van der Waals surface area contributed by atoms with Crippen molar-refractivity contribution >= 4 is 11.9 Å². The molecular weight excluding hydrogens is 412 g/mol. The Kier molecular flexibility index (Phi) is 6.78. The molecule has 1 saturated carbocycles. The molecule has 1 fully saturated rings. The molecule has 0 saturated heterocycles. The van der Waals surface area contributed by atoms with Crippen LogP contribution in [0, 0.1) is 0 Å². The van der Waals surface area contributed by atoms with Gasteiger partial charge in [0.05, 0.1) is 25.0 Å². The van der Waals surface area contributed by atoms with Crippen molar-refractivity contribution in [1.29, 1.82) is 0 Å². The standard InChI is InChI=1S/C22H26N6O4/c29-21(30)3-1-2-10-27-14-18(25-26-27)15-28-13-16(12-24-28)11-23-22(31)17-4-6-19(7-5-17)32-20-8-9-20/h4-7,12-14,20H,1-3,8-11,15H2,(H,23,31)(H,29,30). The van der Waals surface area contributed by atoms with Crippen molar-refractivity contribution in [2.45, 2.75) is 57.8 Å². The molecule has 2 heterocycles. The minimum atomic E-state index is -0.786. The first-order valence-electron chi connectivity index (χ1n) is 10.7. The zero-order valence-corrected chi connectivity index (χ0v) is 17.7. The van der Waals surface area contributed by atoms with E-state index in [9.17, 15) is 9.59 Å². The average Bonchev–Trinajstić information content (AvgIpc) is 3.30. The predicted molar refractivity (Wildman–Crippen MR) is 114 cm³/mol. The topological polar surface area (TPSA) is 124 Å². The summed E-state index contributed by atoms with van der Waals surface area (Å²) in [5, 5.41) is 24.1. The number of aromatic nitrogens is 5. The fraction of sp³-hybridized carbons (Fsp3) is 0.409. The van der Waals surface area contributed by atoms with Crippen molar-refractivity contribution in [3.8, 4) is 5.75 Å². The number of carboxylic acids is 1. The third kappa shape index (κ3) is 6.40. The second-order valence-corrected chi connectivity index (χ2v) is 7.89. The Hall–Kier alpha value is -3.69. The van der Waals surface area contributed by atoms with Crippen LogP contribution in [-0.2, 0) is 24.4 Å². The zero-order valence-electron chi connectivity index (χ0n) is 17.7. The van der Waals surface area contributed by atoms with Crippen LogP contribution >= 0.6 is 0 Å². The average molecular weight is 438 g/mol. The first-order valence-corrected chi connectivity index (χ1v) is 10.7. The van der Waals surface area contributed by atoms with E-state index in [1.54, 1.807) is 27.7 Å². The summed E-state index contributed by atoms with van der Waals surface area (Å²) in [4.78, 5) is 22.9. The Morgan fingerprint density at radius 2 is 1.94 bits per heavy atom. The maximum atomic E-state index is 12.4. The highest BCUT2D eigenvalue weighted by Crippen LogP contribution is 2.26. The second-order valence-electron chi connectivity index (χ2n) is 7.89. The minimum absolute atomic E-state index is 0.151. The molecular formula is C22H26N6O4. The summed E-state index contributed by atoms with van der Waals surface area (Å²) in [6, 6.07) is 7.18. The van der Waals surface area contributed by atoms with Gasteiger partial charge in [0.1, 0.15) is 11.4 Å². The van der Waals surface area contributed by atoms with Crippen LogP contribution in [0.1, 0.15) is 53.7 Å². The number of nitrogens with one attached hydrogen (secondary N) is 1. The summed E-state index contributed by atoms with van der Waals surface area (Å²) in [7, 11) is 0. The summed E-state index contributed by atoms with van der Waals surface area (Å²) in [5.74, 6) is -0.143. The Labute approximate surface area is 185 Å². The van der Waals surface area contributed by atoms with Gasteiger partial charge in [-0.25, -0.2) is 0 Å². The van der Waals surface area contributed by atoms with Crippen LogP contribution in [0.3, 0.4) is 0 Å². The molecule has 3 aromatic rings. The van der Waals surface area contributed by atoms with Gasteiger partial charge < -0.3 is 15.2 Å². The summed E-state index contributed by atoms with van der Waals surface area (Å²) in [6.45, 7) is 1.46. The van der Waals surface area contributed by atoms with Crippen LogP contribution < -0.4 is 10.1 Å². The number of benzene rings is 1. The lowest BCUT2D eigenvalue weighted by Crippen LogP contribution is -2.22. The molecule has 1 aliphatic carbocycles. The number of carbonyl (C=O) groups excluding carboxylic acids is 1. The minimum Gasteiger partial charge on any atom is -0.490 e. The van der Waals surface area contributed by atoms with Gasteiger partial charge in [0.25, 0.3) is 5.91 Å². The third-order valence-electron chi connectivity index (χ3n) is 5.02. The quantitative estimate of drug-likeness (QED) is 0.416. The summed E-state index contributed by atoms with van der Waals surface area (Å²) >= 11 is 0. The highest BCUT2D eigenvalue weighted by Gasteiger charge is 2.23. The normalized spacial score (nSPS) is 13.1. The van der Waals surface area contributed by atoms with Crippen molar-refractivity contribution in [2.24, 2.45) is 0 Å². The number of amides is 1. The van der Waals surface area contributed by atoms with Crippen LogP contribution in [0.4, 0.5) is 0 Å². The number of carboxylic acid groups (broad SMARTS) is 1. The van der Waals surface area contributed by atoms with Crippen molar-refractivity contribution in [1.82, 2.24) is 30.1 Å². The fourth-order valence-corrected chi connectivity index (χ4v) is 3.17. The SMILES string of the molecule is O=C(O)CCCCn1cc(Cn2cc(CNC(=O)c3ccc(OC4CC4)cc3)cn2)nn1. The van der Waals surface area contributed by atoms with Gasteiger partial charge in [0, 0.05) is 36.8 Å². The van der Waals surface area contributed by atoms with Gasteiger partial charge in [-0.05, 0) is 49.9 Å². The van der Waals surface area contributed by atoms with Crippen molar-refractivity contribution in [2.75, 3.05) is 0 Å². The molecule has 10 nitrogen and oxygen atoms in total. The highest BCUT2D eigenvalue weighted by molar-refractivity contribution is 5.94. The Morgan fingerprint density at radius 3 is 2.69 bits per heavy atom. The molecule has 32 heavy (non-hydrogen) atoms. The summed E-state index contributed by atoms with van der Waals surface area (Å²) < 4.78 is 9.15. The Bertz CT molecular complexity index is 1050. The summed E-state index contributed by atoms with van der Waals surface area (Å²) in [5.41, 5.74) is 2.23. The van der Waals surface area contributed by atoms with Gasteiger partial charge in [-0.2, -0.15) is 5.10 Å². The maximum Gasteiger partial charge on any atom is 0.303 e. The van der Waals surface area contributed by atoms with E-state index < -0.39 is 5.97 Å². The molecule has 0 atom stereocenters. The van der Waals surface area contributed by atoms with E-state index in [1.165, 1.54) is 0 Å². The van der Waals surface area contributed by atoms with E-state index in [4.69, 9.17) is 9.84 Å². The number of nitrogens with zero attached hydrogens (tertiary/aromatic N) is 5. The van der Waals surface area contributed by atoms with Crippen molar-refractivity contribution < 1.29 is 19.4 Å². The van der Waals surface area contributed by atoms with Gasteiger partial charge in [-0.3, -0.25) is 19.0 Å². The molecule has 1 amide bonds. The van der Waals surface area contributed by atoms with Gasteiger partial charge in [0.15, 0.2) is 0 Å².